The number of amides is 1. The van der Waals surface area contributed by atoms with Crippen LogP contribution in [0.15, 0.2) is 24.5 Å². The van der Waals surface area contributed by atoms with Gasteiger partial charge in [0, 0.05) is 12.0 Å². The van der Waals surface area contributed by atoms with Gasteiger partial charge in [0.05, 0.1) is 18.1 Å². The molecule has 9 nitrogen and oxygen atoms in total. The lowest BCUT2D eigenvalue weighted by atomic mass is 9.85. The summed E-state index contributed by atoms with van der Waals surface area (Å²) in [6.07, 6.45) is 10.3. The molecule has 0 saturated heterocycles. The lowest BCUT2D eigenvalue weighted by Gasteiger charge is -2.28. The van der Waals surface area contributed by atoms with Crippen LogP contribution in [0, 0.1) is 18.3 Å². The van der Waals surface area contributed by atoms with Crippen LogP contribution in [0.3, 0.4) is 0 Å². The molecule has 0 unspecified atom stereocenters. The van der Waals surface area contributed by atoms with Gasteiger partial charge in [0.2, 0.25) is 11.7 Å². The molecule has 10 heteroatoms. The van der Waals surface area contributed by atoms with Crippen molar-refractivity contribution in [1.29, 1.82) is 0 Å². The Morgan fingerprint density at radius 2 is 2.06 bits per heavy atom. The molecule has 0 aliphatic heterocycles. The summed E-state index contributed by atoms with van der Waals surface area (Å²) in [5, 5.41) is 3.58. The molecule has 1 fully saturated rings. The van der Waals surface area contributed by atoms with Crippen LogP contribution >= 0.6 is 11.3 Å². The highest BCUT2D eigenvalue weighted by molar-refractivity contribution is 7.22. The number of nitrogens with two attached hydrogens (primary N) is 1. The number of fused-ring (bicyclic) bond motifs is 2. The molecule has 32 heavy (non-hydrogen) atoms. The highest BCUT2D eigenvalue weighted by atomic mass is 32.1. The van der Waals surface area contributed by atoms with E-state index in [4.69, 9.17) is 16.9 Å². The van der Waals surface area contributed by atoms with Crippen LogP contribution in [0.4, 0.5) is 10.9 Å². The van der Waals surface area contributed by atoms with E-state index in [-0.39, 0.29) is 29.5 Å². The van der Waals surface area contributed by atoms with Crippen LogP contribution in [0.1, 0.15) is 37.5 Å². The predicted molar refractivity (Wildman–Crippen MR) is 123 cm³/mol. The van der Waals surface area contributed by atoms with Crippen molar-refractivity contribution in [2.45, 2.75) is 31.7 Å². The fraction of sp³-hybridized carbons (Fsp3) is 0.318. The second kappa shape index (κ2) is 8.09. The van der Waals surface area contributed by atoms with Gasteiger partial charge in [0.15, 0.2) is 16.6 Å². The Balaban J connectivity index is 1.28. The zero-order valence-electron chi connectivity index (χ0n) is 17.4. The number of nitrogens with zero attached hydrogens (tertiary/aromatic N) is 5. The van der Waals surface area contributed by atoms with Crippen molar-refractivity contribution >= 4 is 49.6 Å². The van der Waals surface area contributed by atoms with Crippen LogP contribution in [-0.2, 0) is 4.79 Å². The summed E-state index contributed by atoms with van der Waals surface area (Å²) in [6, 6.07) is 5.92. The Morgan fingerprint density at radius 1 is 1.25 bits per heavy atom. The molecule has 5 rings (SSSR count). The smallest absolute Gasteiger partial charge is 0.229 e. The van der Waals surface area contributed by atoms with E-state index < -0.39 is 0 Å². The zero-order chi connectivity index (χ0) is 22.2. The third-order valence-electron chi connectivity index (χ3n) is 5.87. The number of ether oxygens (including phenoxy) is 1. The Hall–Kier alpha value is -3.71. The average molecular weight is 448 g/mol. The van der Waals surface area contributed by atoms with Crippen LogP contribution in [-0.4, -0.2) is 37.5 Å². The number of methoxy groups -OCH3 is 1. The highest BCUT2D eigenvalue weighted by Gasteiger charge is 2.29. The Morgan fingerprint density at radius 3 is 2.81 bits per heavy atom. The normalized spacial score (nSPS) is 18.5. The number of nitrogen functional groups attached to an aromatic ring is 1. The van der Waals surface area contributed by atoms with E-state index in [9.17, 15) is 4.79 Å². The Bertz CT molecular complexity index is 1360. The number of rotatable bonds is 4. The van der Waals surface area contributed by atoms with Gasteiger partial charge in [-0.15, -0.1) is 6.42 Å². The predicted octanol–water partition coefficient (Wildman–Crippen LogP) is 3.38. The number of imidazole rings is 1. The third kappa shape index (κ3) is 3.50. The molecular formula is C22H21N7O2S. The third-order valence-corrected chi connectivity index (χ3v) is 6.81. The van der Waals surface area contributed by atoms with Crippen molar-refractivity contribution in [3.8, 4) is 18.1 Å². The van der Waals surface area contributed by atoms with Crippen molar-refractivity contribution in [2.75, 3.05) is 18.2 Å². The van der Waals surface area contributed by atoms with Gasteiger partial charge >= 0.3 is 0 Å². The number of anilines is 2. The number of para-hydroxylation sites is 1. The van der Waals surface area contributed by atoms with Crippen LogP contribution in [0.25, 0.3) is 21.4 Å². The minimum atomic E-state index is -0.0732. The molecule has 0 radical (unpaired) electrons. The molecule has 3 N–H and O–H groups in total. The summed E-state index contributed by atoms with van der Waals surface area (Å²) in [6.45, 7) is 0. The maximum absolute atomic E-state index is 12.9. The monoisotopic (exact) mass is 447 g/mol. The number of hydrogen-bond donors (Lipinski definition) is 2. The molecule has 1 aliphatic carbocycles. The molecule has 3 aromatic heterocycles. The number of aromatic nitrogens is 5. The SMILES string of the molecule is C#Cc1nc(N)c2ncn([C@H]3CC[C@@H](C(=O)Nc4nc5c(OC)cccc5s4)CC3)c2n1. The largest absolute Gasteiger partial charge is 0.494 e. The van der Waals surface area contributed by atoms with Crippen LogP contribution in [0.5, 0.6) is 5.75 Å². The van der Waals surface area contributed by atoms with E-state index in [2.05, 4.69) is 31.2 Å². The van der Waals surface area contributed by atoms with E-state index in [1.54, 1.807) is 13.4 Å². The maximum Gasteiger partial charge on any atom is 0.229 e. The average Bonchev–Trinajstić information content (AvgIpc) is 3.42. The lowest BCUT2D eigenvalue weighted by Crippen LogP contribution is -2.28. The van der Waals surface area contributed by atoms with Gasteiger partial charge in [-0.1, -0.05) is 17.4 Å². The van der Waals surface area contributed by atoms with Gasteiger partial charge in [-0.3, -0.25) is 4.79 Å². The number of terminal acetylenes is 1. The van der Waals surface area contributed by atoms with Crippen molar-refractivity contribution in [3.63, 3.8) is 0 Å². The molecule has 1 aliphatic rings. The molecule has 0 spiro atoms. The van der Waals surface area contributed by atoms with Gasteiger partial charge in [0.25, 0.3) is 0 Å². The number of hydrogen-bond acceptors (Lipinski definition) is 8. The Kier molecular flexibility index (Phi) is 5.11. The van der Waals surface area contributed by atoms with Crippen molar-refractivity contribution in [1.82, 2.24) is 24.5 Å². The summed E-state index contributed by atoms with van der Waals surface area (Å²) in [5.41, 5.74) is 7.92. The van der Waals surface area contributed by atoms with Gasteiger partial charge in [-0.05, 0) is 43.7 Å². The molecular weight excluding hydrogens is 426 g/mol. The molecule has 162 valence electrons. The van der Waals surface area contributed by atoms with Crippen molar-refractivity contribution < 1.29 is 9.53 Å². The fourth-order valence-electron chi connectivity index (χ4n) is 4.24. The first-order valence-electron chi connectivity index (χ1n) is 10.3. The van der Waals surface area contributed by atoms with Gasteiger partial charge in [-0.2, -0.15) is 0 Å². The summed E-state index contributed by atoms with van der Waals surface area (Å²) >= 11 is 1.45. The van der Waals surface area contributed by atoms with Crippen molar-refractivity contribution in [3.05, 3.63) is 30.4 Å². The van der Waals surface area contributed by atoms with E-state index in [0.29, 0.717) is 22.0 Å². The fourth-order valence-corrected chi connectivity index (χ4v) is 5.12. The number of nitrogens with one attached hydrogen (secondary N) is 1. The van der Waals surface area contributed by atoms with Gasteiger partial charge < -0.3 is 20.4 Å². The molecule has 0 bridgehead atoms. The van der Waals surface area contributed by atoms with E-state index >= 15 is 0 Å². The maximum atomic E-state index is 12.9. The molecule has 4 aromatic rings. The summed E-state index contributed by atoms with van der Waals surface area (Å²) in [4.78, 5) is 30.3. The highest BCUT2D eigenvalue weighted by Crippen LogP contribution is 2.36. The quantitative estimate of drug-likeness (QED) is 0.460. The minimum absolute atomic E-state index is 0.00171. The molecule has 1 aromatic carbocycles. The lowest BCUT2D eigenvalue weighted by molar-refractivity contribution is -0.120. The standard InChI is InChI=1S/C22H21N7O2S/c1-3-16-25-19(23)18-20(26-16)29(11-24-18)13-9-7-12(8-10-13)21(30)28-22-27-17-14(31-2)5-4-6-15(17)32-22/h1,4-6,11-13H,7-10H2,2H3,(H2,23,25,26)(H,27,28,30)/t12-,13+. The molecule has 1 amide bonds. The first-order valence-corrected chi connectivity index (χ1v) is 11.1. The number of carbonyl (C=O) groups is 1. The zero-order valence-corrected chi connectivity index (χ0v) is 18.2. The van der Waals surface area contributed by atoms with E-state index in [0.717, 1.165) is 35.9 Å². The topological polar surface area (TPSA) is 121 Å². The van der Waals surface area contributed by atoms with E-state index in [1.807, 2.05) is 22.8 Å². The molecule has 3 heterocycles. The number of thiazole rings is 1. The summed E-state index contributed by atoms with van der Waals surface area (Å²) < 4.78 is 8.34. The first kappa shape index (κ1) is 20.2. The number of carbonyl (C=O) groups excluding carboxylic acids is 1. The first-order chi connectivity index (χ1) is 15.6. The summed E-state index contributed by atoms with van der Waals surface area (Å²) in [7, 11) is 1.61. The Labute approximate surface area is 188 Å². The van der Waals surface area contributed by atoms with Crippen LogP contribution < -0.4 is 15.8 Å². The van der Waals surface area contributed by atoms with Crippen molar-refractivity contribution in [2.24, 2.45) is 5.92 Å². The minimum Gasteiger partial charge on any atom is -0.494 e. The number of benzene rings is 1. The van der Waals surface area contributed by atoms with Gasteiger partial charge in [0.1, 0.15) is 16.8 Å². The molecule has 1 saturated carbocycles. The van der Waals surface area contributed by atoms with Crippen LogP contribution in [0.2, 0.25) is 0 Å². The van der Waals surface area contributed by atoms with E-state index in [1.165, 1.54) is 11.3 Å². The van der Waals surface area contributed by atoms with Gasteiger partial charge in [-0.25, -0.2) is 19.9 Å². The summed E-state index contributed by atoms with van der Waals surface area (Å²) in [5.74, 6) is 3.58. The molecule has 0 atom stereocenters. The second-order valence-corrected chi connectivity index (χ2v) is 8.75. The second-order valence-electron chi connectivity index (χ2n) is 7.72.